The highest BCUT2D eigenvalue weighted by Crippen LogP contribution is 2.52. The number of hydrogen-bond donors (Lipinski definition) is 1. The summed E-state index contributed by atoms with van der Waals surface area (Å²) in [5.74, 6) is -1.12. The van der Waals surface area contributed by atoms with Crippen molar-refractivity contribution in [2.75, 3.05) is 59.7 Å². The smallest absolute Gasteiger partial charge is 0.236 e. The molecule has 10 nitrogen and oxygen atoms in total. The van der Waals surface area contributed by atoms with Crippen LogP contribution >= 0.6 is 11.6 Å². The van der Waals surface area contributed by atoms with Gasteiger partial charge in [-0.1, -0.05) is 18.5 Å². The molecule has 0 saturated carbocycles. The number of allylic oxidation sites excluding steroid dienone is 1. The Morgan fingerprint density at radius 1 is 1.17 bits per heavy atom. The number of sulfonamides is 1. The number of likely N-dealkylation sites (N-methyl/N-ethyl adjacent to an activating group) is 1. The second-order valence-electron chi connectivity index (χ2n) is 9.40. The fraction of sp³-hybridized carbons (Fsp3) is 0.583. The number of methoxy groups -OCH3 is 2. The summed E-state index contributed by atoms with van der Waals surface area (Å²) < 4.78 is 43.8. The molecule has 1 aromatic carbocycles. The molecule has 2 aliphatic heterocycles. The molecule has 0 bridgehead atoms. The van der Waals surface area contributed by atoms with Gasteiger partial charge in [-0.3, -0.25) is 9.59 Å². The first-order valence-corrected chi connectivity index (χ1v) is 13.9. The molecule has 3 aliphatic rings. The molecule has 1 N–H and O–H groups in total. The third kappa shape index (κ3) is 4.57. The molecular weight excluding hydrogens is 510 g/mol. The van der Waals surface area contributed by atoms with Gasteiger partial charge in [-0.05, 0) is 26.4 Å². The summed E-state index contributed by atoms with van der Waals surface area (Å²) in [6.45, 7) is 4.44. The van der Waals surface area contributed by atoms with Crippen LogP contribution in [0.2, 0.25) is 5.02 Å². The van der Waals surface area contributed by atoms with Gasteiger partial charge in [0.15, 0.2) is 5.75 Å². The number of fused-ring (bicyclic) bond motifs is 1. The first-order valence-electron chi connectivity index (χ1n) is 11.9. The van der Waals surface area contributed by atoms with E-state index >= 15 is 0 Å². The molecule has 1 fully saturated rings. The lowest BCUT2D eigenvalue weighted by Gasteiger charge is -2.35. The van der Waals surface area contributed by atoms with Crippen LogP contribution in [0.15, 0.2) is 17.8 Å². The number of carbonyl (C=O) groups is 2. The van der Waals surface area contributed by atoms with Gasteiger partial charge in [0.25, 0.3) is 0 Å². The van der Waals surface area contributed by atoms with E-state index in [9.17, 15) is 18.0 Å². The maximum Gasteiger partial charge on any atom is 0.236 e. The van der Waals surface area contributed by atoms with Gasteiger partial charge in [0.1, 0.15) is 22.1 Å². The Kier molecular flexibility index (Phi) is 7.57. The maximum atomic E-state index is 13.5. The molecule has 1 saturated heterocycles. The topological polar surface area (TPSA) is 114 Å². The van der Waals surface area contributed by atoms with Gasteiger partial charge in [-0.2, -0.15) is 0 Å². The predicted octanol–water partition coefficient (Wildman–Crippen LogP) is 1.72. The van der Waals surface area contributed by atoms with E-state index in [0.717, 1.165) is 13.0 Å². The molecule has 1 spiro atoms. The lowest BCUT2D eigenvalue weighted by atomic mass is 9.74. The van der Waals surface area contributed by atoms with E-state index < -0.39 is 33.1 Å². The molecule has 2 atom stereocenters. The van der Waals surface area contributed by atoms with Crippen LogP contribution in [0.25, 0.3) is 0 Å². The Morgan fingerprint density at radius 3 is 2.56 bits per heavy atom. The highest BCUT2D eigenvalue weighted by molar-refractivity contribution is 7.89. The maximum absolute atomic E-state index is 13.5. The molecular formula is C24H32ClN3O7S. The minimum absolute atomic E-state index is 0.0667. The quantitative estimate of drug-likeness (QED) is 0.515. The lowest BCUT2D eigenvalue weighted by Crippen LogP contribution is -2.55. The molecule has 0 aromatic heterocycles. The lowest BCUT2D eigenvalue weighted by molar-refractivity contribution is -0.129. The normalized spacial score (nSPS) is 25.2. The fourth-order valence-corrected chi connectivity index (χ4v) is 6.67. The van der Waals surface area contributed by atoms with Crippen molar-refractivity contribution in [3.8, 4) is 17.2 Å². The minimum Gasteiger partial charge on any atom is -0.496 e. The molecule has 36 heavy (non-hydrogen) atoms. The molecule has 2 heterocycles. The zero-order valence-electron chi connectivity index (χ0n) is 20.9. The molecule has 198 valence electrons. The molecule has 0 radical (unpaired) electrons. The van der Waals surface area contributed by atoms with E-state index in [1.165, 1.54) is 30.7 Å². The minimum atomic E-state index is -3.43. The third-order valence-corrected chi connectivity index (χ3v) is 9.32. The predicted molar refractivity (Wildman–Crippen MR) is 135 cm³/mol. The summed E-state index contributed by atoms with van der Waals surface area (Å²) in [5, 5.41) is 3.18. The van der Waals surface area contributed by atoms with Crippen LogP contribution in [-0.2, 0) is 14.8 Å². The number of carbonyl (C=O) groups excluding carboxylic acids is 2. The van der Waals surface area contributed by atoms with E-state index in [1.54, 1.807) is 6.92 Å². The summed E-state index contributed by atoms with van der Waals surface area (Å²) in [7, 11) is 1.39. The number of halogens is 1. The van der Waals surface area contributed by atoms with Gasteiger partial charge in [0, 0.05) is 49.9 Å². The highest BCUT2D eigenvalue weighted by Gasteiger charge is 2.60. The monoisotopic (exact) mass is 541 g/mol. The number of Topliss-reactive ketones (excluding diaryl/α,β-unsaturated/α-hetero) is 1. The molecule has 0 amide bonds. The van der Waals surface area contributed by atoms with Gasteiger partial charge in [-0.25, -0.2) is 12.7 Å². The van der Waals surface area contributed by atoms with E-state index in [0.29, 0.717) is 31.8 Å². The third-order valence-electron chi connectivity index (χ3n) is 7.09. The van der Waals surface area contributed by atoms with Crippen LogP contribution in [-0.4, -0.2) is 94.5 Å². The molecule has 4 rings (SSSR count). The van der Waals surface area contributed by atoms with E-state index in [-0.39, 0.29) is 40.1 Å². The molecule has 0 unspecified atom stereocenters. The van der Waals surface area contributed by atoms with Crippen LogP contribution in [0.1, 0.15) is 30.1 Å². The number of rotatable bonds is 7. The van der Waals surface area contributed by atoms with Gasteiger partial charge in [-0.15, -0.1) is 0 Å². The summed E-state index contributed by atoms with van der Waals surface area (Å²) in [6, 6.07) is 1.49. The summed E-state index contributed by atoms with van der Waals surface area (Å²) in [5.41, 5.74) is -1.09. The number of ketones is 2. The zero-order chi connectivity index (χ0) is 26.3. The van der Waals surface area contributed by atoms with Crippen molar-refractivity contribution in [1.29, 1.82) is 0 Å². The Labute approximate surface area is 216 Å². The molecule has 1 aromatic rings. The van der Waals surface area contributed by atoms with E-state index in [2.05, 4.69) is 10.2 Å². The highest BCUT2D eigenvalue weighted by atomic mass is 35.5. The Hall–Kier alpha value is -2.34. The fourth-order valence-electron chi connectivity index (χ4n) is 5.02. The van der Waals surface area contributed by atoms with Gasteiger partial charge in [0.05, 0.1) is 20.0 Å². The van der Waals surface area contributed by atoms with Crippen molar-refractivity contribution in [3.63, 3.8) is 0 Å². The van der Waals surface area contributed by atoms with Gasteiger partial charge in [0.2, 0.25) is 27.2 Å². The van der Waals surface area contributed by atoms with Gasteiger partial charge < -0.3 is 24.4 Å². The average Bonchev–Trinajstić information content (AvgIpc) is 2.97. The van der Waals surface area contributed by atoms with Crippen molar-refractivity contribution < 1.29 is 32.2 Å². The second-order valence-corrected chi connectivity index (χ2v) is 11.9. The zero-order valence-corrected chi connectivity index (χ0v) is 22.5. The van der Waals surface area contributed by atoms with Crippen LogP contribution < -0.4 is 19.5 Å². The summed E-state index contributed by atoms with van der Waals surface area (Å²) in [6.07, 6.45) is 2.44. The summed E-state index contributed by atoms with van der Waals surface area (Å²) >= 11 is 6.41. The van der Waals surface area contributed by atoms with Crippen molar-refractivity contribution in [2.45, 2.75) is 25.4 Å². The van der Waals surface area contributed by atoms with Crippen molar-refractivity contribution in [3.05, 3.63) is 28.4 Å². The van der Waals surface area contributed by atoms with Crippen LogP contribution in [0.4, 0.5) is 0 Å². The molecule has 1 aliphatic carbocycles. The number of benzene rings is 1. The standard InChI is InChI=1S/C24H32ClN3O7S/c1-15-12-16(26-6-11-36(31,32)28-8-5-7-27(2)9-10-28)13-19(29)24(15)23(30)20-17(33-3)14-18(34-4)21(25)22(20)35-24/h13-15,26H,5-12H2,1-4H3/t15-,24+/m1/s1. The average molecular weight is 542 g/mol. The Bertz CT molecular complexity index is 1200. The van der Waals surface area contributed by atoms with E-state index in [1.807, 2.05) is 7.05 Å². The first kappa shape index (κ1) is 26.7. The second kappa shape index (κ2) is 10.2. The number of hydrogen-bond acceptors (Lipinski definition) is 9. The molecule has 12 heteroatoms. The van der Waals surface area contributed by atoms with Crippen LogP contribution in [0.5, 0.6) is 17.2 Å². The van der Waals surface area contributed by atoms with E-state index in [4.69, 9.17) is 25.8 Å². The number of nitrogens with one attached hydrogen (secondary N) is 1. The van der Waals surface area contributed by atoms with Crippen molar-refractivity contribution >= 4 is 33.2 Å². The first-order chi connectivity index (χ1) is 17.0. The van der Waals surface area contributed by atoms with Crippen LogP contribution in [0.3, 0.4) is 0 Å². The Balaban J connectivity index is 1.48. The number of ether oxygens (including phenoxy) is 3. The van der Waals surface area contributed by atoms with Gasteiger partial charge >= 0.3 is 0 Å². The SMILES string of the molecule is COc1cc(OC)c2c(c1Cl)O[C@@]1(C(=O)C=C(NCCS(=O)(=O)N3CCCN(C)CC3)C[C@H]1C)C2=O. The number of nitrogens with zero attached hydrogens (tertiary/aromatic N) is 2. The Morgan fingerprint density at radius 2 is 1.89 bits per heavy atom. The summed E-state index contributed by atoms with van der Waals surface area (Å²) in [4.78, 5) is 29.0. The van der Waals surface area contributed by atoms with Crippen molar-refractivity contribution in [1.82, 2.24) is 14.5 Å². The van der Waals surface area contributed by atoms with Crippen molar-refractivity contribution in [2.24, 2.45) is 5.92 Å². The largest absolute Gasteiger partial charge is 0.496 e. The van der Waals surface area contributed by atoms with Crippen LogP contribution in [0, 0.1) is 5.92 Å².